The monoisotopic (exact) mass is 460 g/mol. The third-order valence-electron chi connectivity index (χ3n) is 4.78. The summed E-state index contributed by atoms with van der Waals surface area (Å²) in [5.74, 6) is 0. The summed E-state index contributed by atoms with van der Waals surface area (Å²) in [5.41, 5.74) is 0. The molecule has 3 heteroatoms. The Labute approximate surface area is 167 Å². The lowest BCUT2D eigenvalue weighted by molar-refractivity contribution is -0.00000505. The Morgan fingerprint density at radius 1 is 0.680 bits per heavy atom. The summed E-state index contributed by atoms with van der Waals surface area (Å²) in [6, 6.07) is 33.2. The van der Waals surface area contributed by atoms with Gasteiger partial charge in [0.25, 0.3) is 0 Å². The quantitative estimate of drug-likeness (QED) is 0.301. The van der Waals surface area contributed by atoms with Crippen molar-refractivity contribution in [3.05, 3.63) is 91.0 Å². The van der Waals surface area contributed by atoms with Gasteiger partial charge in [0.1, 0.15) is 23.2 Å². The Morgan fingerprint density at radius 3 is 1.36 bits per heavy atom. The minimum atomic E-state index is -1.65. The first-order valence-electron chi connectivity index (χ1n) is 8.56. The van der Waals surface area contributed by atoms with E-state index < -0.39 is 7.26 Å². The van der Waals surface area contributed by atoms with Gasteiger partial charge in [-0.3, -0.25) is 0 Å². The van der Waals surface area contributed by atoms with Gasteiger partial charge in [0.05, 0.1) is 18.9 Å². The molecule has 3 aromatic rings. The van der Waals surface area contributed by atoms with Crippen LogP contribution in [0.25, 0.3) is 0 Å². The maximum Gasteiger partial charge on any atom is 0.112 e. The van der Waals surface area contributed by atoms with Gasteiger partial charge in [-0.25, -0.2) is 0 Å². The van der Waals surface area contributed by atoms with Crippen molar-refractivity contribution in [3.63, 3.8) is 0 Å². The number of halogens is 1. The van der Waals surface area contributed by atoms with E-state index in [4.69, 9.17) is 4.74 Å². The molecule has 0 radical (unpaired) electrons. The van der Waals surface area contributed by atoms with Crippen LogP contribution < -0.4 is 39.9 Å². The average Bonchev–Trinajstić information content (AvgIpc) is 3.50. The maximum atomic E-state index is 5.53. The highest BCUT2D eigenvalue weighted by Gasteiger charge is 2.46. The molecule has 0 unspecified atom stereocenters. The molecule has 0 aromatic heterocycles. The van der Waals surface area contributed by atoms with E-state index in [1.54, 1.807) is 0 Å². The lowest BCUT2D eigenvalue weighted by Gasteiger charge is -2.27. The van der Waals surface area contributed by atoms with Crippen LogP contribution in [0.15, 0.2) is 91.0 Å². The molecular formula is C22H22IOP. The summed E-state index contributed by atoms with van der Waals surface area (Å²) >= 11 is 0. The van der Waals surface area contributed by atoms with Crippen LogP contribution in [0.1, 0.15) is 6.42 Å². The van der Waals surface area contributed by atoms with Gasteiger partial charge in [-0.15, -0.1) is 0 Å². The SMILES string of the molecule is [I-].c1ccc([P+](CC[C@H]2CO2)(c2ccccc2)c2ccccc2)cc1. The van der Waals surface area contributed by atoms with Gasteiger partial charge in [0, 0.05) is 6.42 Å². The molecule has 0 aliphatic carbocycles. The van der Waals surface area contributed by atoms with Crippen LogP contribution in [0.5, 0.6) is 0 Å². The van der Waals surface area contributed by atoms with E-state index in [-0.39, 0.29) is 24.0 Å². The van der Waals surface area contributed by atoms with Crippen molar-refractivity contribution >= 4 is 23.2 Å². The van der Waals surface area contributed by atoms with E-state index >= 15 is 0 Å². The predicted molar refractivity (Wildman–Crippen MR) is 104 cm³/mol. The normalized spacial score (nSPS) is 16.1. The average molecular weight is 460 g/mol. The van der Waals surface area contributed by atoms with Crippen molar-refractivity contribution in [2.45, 2.75) is 12.5 Å². The molecule has 1 nitrogen and oxygen atoms in total. The van der Waals surface area contributed by atoms with Gasteiger partial charge in [0.15, 0.2) is 0 Å². The molecule has 0 saturated carbocycles. The van der Waals surface area contributed by atoms with Crippen LogP contribution in [0, 0.1) is 0 Å². The Kier molecular flexibility index (Phi) is 6.27. The largest absolute Gasteiger partial charge is 1.00 e. The first-order chi connectivity index (χ1) is 11.9. The summed E-state index contributed by atoms with van der Waals surface area (Å²) in [5, 5.41) is 4.38. The minimum Gasteiger partial charge on any atom is -1.00 e. The Bertz CT molecular complexity index is 676. The van der Waals surface area contributed by atoms with Crippen molar-refractivity contribution < 1.29 is 28.7 Å². The van der Waals surface area contributed by atoms with Crippen LogP contribution in [0.4, 0.5) is 0 Å². The highest BCUT2D eigenvalue weighted by molar-refractivity contribution is 7.95. The van der Waals surface area contributed by atoms with Crippen molar-refractivity contribution in [3.8, 4) is 0 Å². The molecule has 0 bridgehead atoms. The predicted octanol–water partition coefficient (Wildman–Crippen LogP) is 0.773. The zero-order chi connectivity index (χ0) is 16.2. The molecule has 1 fully saturated rings. The summed E-state index contributed by atoms with van der Waals surface area (Å²) < 4.78 is 5.53. The molecule has 4 rings (SSSR count). The van der Waals surface area contributed by atoms with E-state index in [1.165, 1.54) is 15.9 Å². The maximum absolute atomic E-state index is 5.53. The summed E-state index contributed by atoms with van der Waals surface area (Å²) in [6.45, 7) is 0.929. The van der Waals surface area contributed by atoms with Crippen molar-refractivity contribution in [1.82, 2.24) is 0 Å². The number of rotatable bonds is 6. The molecule has 3 aromatic carbocycles. The van der Waals surface area contributed by atoms with Crippen LogP contribution in [-0.4, -0.2) is 18.9 Å². The van der Waals surface area contributed by atoms with E-state index in [1.807, 2.05) is 0 Å². The molecule has 1 aliphatic heterocycles. The molecule has 0 N–H and O–H groups in total. The highest BCUT2D eigenvalue weighted by atomic mass is 127. The molecule has 1 aliphatic rings. The van der Waals surface area contributed by atoms with E-state index in [2.05, 4.69) is 91.0 Å². The fourth-order valence-electron chi connectivity index (χ4n) is 3.45. The molecule has 0 spiro atoms. The number of ether oxygens (including phenoxy) is 1. The van der Waals surface area contributed by atoms with E-state index in [0.717, 1.165) is 19.2 Å². The molecule has 1 saturated heterocycles. The molecule has 1 heterocycles. The second-order valence-electron chi connectivity index (χ2n) is 6.28. The number of hydrogen-bond donors (Lipinski definition) is 0. The fraction of sp³-hybridized carbons (Fsp3) is 0.182. The van der Waals surface area contributed by atoms with Gasteiger partial charge in [-0.1, -0.05) is 54.6 Å². The van der Waals surface area contributed by atoms with Crippen molar-refractivity contribution in [2.75, 3.05) is 12.8 Å². The Hall–Kier alpha value is -1.22. The third-order valence-corrected chi connectivity index (χ3v) is 9.25. The Morgan fingerprint density at radius 2 is 1.04 bits per heavy atom. The van der Waals surface area contributed by atoms with E-state index in [0.29, 0.717) is 6.10 Å². The first-order valence-corrected chi connectivity index (χ1v) is 10.5. The third kappa shape index (κ3) is 3.97. The van der Waals surface area contributed by atoms with Crippen LogP contribution in [0.3, 0.4) is 0 Å². The van der Waals surface area contributed by atoms with Crippen LogP contribution >= 0.6 is 7.26 Å². The van der Waals surface area contributed by atoms with Gasteiger partial charge < -0.3 is 28.7 Å². The minimum absolute atomic E-state index is 0. The second kappa shape index (κ2) is 8.44. The van der Waals surface area contributed by atoms with Crippen LogP contribution in [-0.2, 0) is 4.74 Å². The van der Waals surface area contributed by atoms with Gasteiger partial charge in [0.2, 0.25) is 0 Å². The number of benzene rings is 3. The molecule has 25 heavy (non-hydrogen) atoms. The number of hydrogen-bond acceptors (Lipinski definition) is 1. The summed E-state index contributed by atoms with van der Waals surface area (Å²) in [6.07, 6.45) is 2.75. The highest BCUT2D eigenvalue weighted by Crippen LogP contribution is 2.56. The van der Waals surface area contributed by atoms with Crippen LogP contribution in [0.2, 0.25) is 0 Å². The van der Waals surface area contributed by atoms with Gasteiger partial charge >= 0.3 is 0 Å². The Balaban J connectivity index is 0.00000182. The number of epoxide rings is 1. The van der Waals surface area contributed by atoms with E-state index in [9.17, 15) is 0 Å². The van der Waals surface area contributed by atoms with Crippen molar-refractivity contribution in [2.24, 2.45) is 0 Å². The molecule has 0 amide bonds. The molecule has 128 valence electrons. The molecule has 1 atom stereocenters. The zero-order valence-corrected chi connectivity index (χ0v) is 17.1. The van der Waals surface area contributed by atoms with Crippen molar-refractivity contribution in [1.29, 1.82) is 0 Å². The second-order valence-corrected chi connectivity index (χ2v) is 9.90. The molecular weight excluding hydrogens is 438 g/mol. The summed E-state index contributed by atoms with van der Waals surface area (Å²) in [7, 11) is -1.65. The summed E-state index contributed by atoms with van der Waals surface area (Å²) in [4.78, 5) is 0. The first kappa shape index (κ1) is 18.6. The lowest BCUT2D eigenvalue weighted by atomic mass is 10.3. The zero-order valence-electron chi connectivity index (χ0n) is 14.1. The van der Waals surface area contributed by atoms with Gasteiger partial charge in [-0.2, -0.15) is 0 Å². The standard InChI is InChI=1S/C22H22OP.HI/c1-4-10-20(11-5-1)24(17-16-19-18-23-19,21-12-6-2-7-13-21)22-14-8-3-9-15-22;/h1-15,19H,16-18H2;1H/q+1;/p-1/t19-;/m0./s1. The van der Waals surface area contributed by atoms with Gasteiger partial charge in [-0.05, 0) is 36.4 Å². The fourth-order valence-corrected chi connectivity index (χ4v) is 7.84. The topological polar surface area (TPSA) is 12.5 Å². The smallest absolute Gasteiger partial charge is 0.112 e. The lowest BCUT2D eigenvalue weighted by Crippen LogP contribution is -3.00.